The number of halogens is 1. The van der Waals surface area contributed by atoms with Gasteiger partial charge in [-0.1, -0.05) is 35.9 Å². The molecule has 0 saturated heterocycles. The Balaban J connectivity index is 1.76. The third-order valence-corrected chi connectivity index (χ3v) is 5.42. The molecule has 2 heterocycles. The molecule has 0 bridgehead atoms. The maximum atomic E-state index is 13.2. The van der Waals surface area contributed by atoms with Crippen LogP contribution in [0.15, 0.2) is 48.5 Å². The molecule has 0 aliphatic carbocycles. The van der Waals surface area contributed by atoms with Crippen LogP contribution in [0.1, 0.15) is 47.9 Å². The van der Waals surface area contributed by atoms with Crippen molar-refractivity contribution in [1.82, 2.24) is 15.1 Å². The number of aromatic nitrogens is 2. The van der Waals surface area contributed by atoms with Crippen molar-refractivity contribution in [3.05, 3.63) is 70.4 Å². The molecule has 0 saturated carbocycles. The first-order valence-electron chi connectivity index (χ1n) is 10.0. The Morgan fingerprint density at radius 1 is 1.23 bits per heavy atom. The number of para-hydroxylation sites is 1. The Morgan fingerprint density at radius 3 is 2.77 bits per heavy atom. The van der Waals surface area contributed by atoms with Crippen LogP contribution in [-0.2, 0) is 4.74 Å². The van der Waals surface area contributed by atoms with Crippen molar-refractivity contribution in [1.29, 1.82) is 0 Å². The van der Waals surface area contributed by atoms with Crippen molar-refractivity contribution in [3.8, 4) is 17.0 Å². The van der Waals surface area contributed by atoms with E-state index in [9.17, 15) is 9.90 Å². The number of aromatic amines is 1. The molecule has 2 N–H and O–H groups in total. The Bertz CT molecular complexity index is 1060. The lowest BCUT2D eigenvalue weighted by Crippen LogP contribution is -2.31. The smallest absolute Gasteiger partial charge is 0.273 e. The maximum absolute atomic E-state index is 13.2. The fourth-order valence-corrected chi connectivity index (χ4v) is 4.08. The van der Waals surface area contributed by atoms with E-state index in [2.05, 4.69) is 10.2 Å². The predicted octanol–water partition coefficient (Wildman–Crippen LogP) is 4.80. The molecule has 1 amide bonds. The molecule has 2 aromatic carbocycles. The van der Waals surface area contributed by atoms with Crippen LogP contribution in [0.3, 0.4) is 0 Å². The molecule has 1 aliphatic heterocycles. The number of aromatic hydroxyl groups is 1. The van der Waals surface area contributed by atoms with E-state index >= 15 is 0 Å². The van der Waals surface area contributed by atoms with Gasteiger partial charge in [-0.3, -0.25) is 9.89 Å². The highest BCUT2D eigenvalue weighted by Crippen LogP contribution is 2.44. The Hall–Kier alpha value is -2.83. The molecule has 1 aliphatic rings. The molecule has 7 heteroatoms. The van der Waals surface area contributed by atoms with E-state index < -0.39 is 0 Å². The zero-order chi connectivity index (χ0) is 21.3. The highest BCUT2D eigenvalue weighted by molar-refractivity contribution is 6.30. The quantitative estimate of drug-likeness (QED) is 0.533. The number of phenols is 1. The van der Waals surface area contributed by atoms with Gasteiger partial charge in [0, 0.05) is 29.3 Å². The van der Waals surface area contributed by atoms with Crippen LogP contribution in [-0.4, -0.2) is 45.4 Å². The van der Waals surface area contributed by atoms with Crippen LogP contribution in [0.2, 0.25) is 5.02 Å². The normalized spacial score (nSPS) is 15.8. The first-order valence-corrected chi connectivity index (χ1v) is 10.4. The highest BCUT2D eigenvalue weighted by atomic mass is 35.5. The van der Waals surface area contributed by atoms with E-state index in [1.807, 2.05) is 49.1 Å². The molecule has 156 valence electrons. The van der Waals surface area contributed by atoms with Crippen LogP contribution in [0.25, 0.3) is 11.3 Å². The van der Waals surface area contributed by atoms with Gasteiger partial charge in [0.05, 0.1) is 12.1 Å². The number of phenolic OH excluding ortho intramolecular Hbond substituents is 1. The molecule has 30 heavy (non-hydrogen) atoms. The molecule has 0 spiro atoms. The van der Waals surface area contributed by atoms with Gasteiger partial charge in [0.1, 0.15) is 17.1 Å². The lowest BCUT2D eigenvalue weighted by Gasteiger charge is -2.26. The topological polar surface area (TPSA) is 78.5 Å². The third kappa shape index (κ3) is 3.80. The van der Waals surface area contributed by atoms with Gasteiger partial charge in [0.25, 0.3) is 5.91 Å². The van der Waals surface area contributed by atoms with Crippen LogP contribution in [0, 0.1) is 0 Å². The summed E-state index contributed by atoms with van der Waals surface area (Å²) in [6.07, 6.45) is 0.859. The summed E-state index contributed by atoms with van der Waals surface area (Å²) in [5, 5.41) is 18.3. The van der Waals surface area contributed by atoms with Crippen molar-refractivity contribution in [2.45, 2.75) is 32.4 Å². The fraction of sp³-hybridized carbons (Fsp3) is 0.304. The molecule has 6 nitrogen and oxygen atoms in total. The number of hydrogen-bond acceptors (Lipinski definition) is 4. The zero-order valence-electron chi connectivity index (χ0n) is 16.9. The first kappa shape index (κ1) is 20.4. The molecular formula is C23H24ClN3O3. The number of amides is 1. The summed E-state index contributed by atoms with van der Waals surface area (Å²) in [7, 11) is 0. The second kappa shape index (κ2) is 8.50. The van der Waals surface area contributed by atoms with Gasteiger partial charge in [0.15, 0.2) is 0 Å². The standard InChI is InChI=1S/C23H24ClN3O3/c1-14(2)30-12-6-11-27-22(15-7-5-8-16(24)13-15)19-20(25-26-21(19)23(27)29)17-9-3-4-10-18(17)28/h3-5,7-10,13-14,22,28H,6,11-12H2,1-2H3,(H,25,26)/t22-/m0/s1. The number of carbonyl (C=O) groups excluding carboxylic acids is 1. The summed E-state index contributed by atoms with van der Waals surface area (Å²) < 4.78 is 5.65. The van der Waals surface area contributed by atoms with Crippen molar-refractivity contribution in [2.24, 2.45) is 0 Å². The van der Waals surface area contributed by atoms with Crippen molar-refractivity contribution >= 4 is 17.5 Å². The van der Waals surface area contributed by atoms with E-state index in [-0.39, 0.29) is 23.8 Å². The molecular weight excluding hydrogens is 402 g/mol. The third-order valence-electron chi connectivity index (χ3n) is 5.18. The number of nitrogens with zero attached hydrogens (tertiary/aromatic N) is 2. The number of carbonyl (C=O) groups is 1. The van der Waals surface area contributed by atoms with E-state index in [1.54, 1.807) is 18.2 Å². The Labute approximate surface area is 180 Å². The van der Waals surface area contributed by atoms with Gasteiger partial charge in [-0.15, -0.1) is 0 Å². The lowest BCUT2D eigenvalue weighted by molar-refractivity contribution is 0.0601. The summed E-state index contributed by atoms with van der Waals surface area (Å²) in [6.45, 7) is 5.09. The van der Waals surface area contributed by atoms with E-state index in [1.165, 1.54) is 0 Å². The summed E-state index contributed by atoms with van der Waals surface area (Å²) in [5.41, 5.74) is 3.26. The summed E-state index contributed by atoms with van der Waals surface area (Å²) in [5.74, 6) is 0.00145. The molecule has 4 rings (SSSR count). The summed E-state index contributed by atoms with van der Waals surface area (Å²) in [6, 6.07) is 14.2. The average molecular weight is 426 g/mol. The highest BCUT2D eigenvalue weighted by Gasteiger charge is 2.42. The van der Waals surface area contributed by atoms with E-state index in [4.69, 9.17) is 16.3 Å². The minimum atomic E-state index is -0.349. The van der Waals surface area contributed by atoms with Crippen molar-refractivity contribution in [3.63, 3.8) is 0 Å². The molecule has 0 radical (unpaired) electrons. The minimum Gasteiger partial charge on any atom is -0.507 e. The SMILES string of the molecule is CC(C)OCCCN1C(=O)c2[nH]nc(-c3ccccc3O)c2[C@@H]1c1cccc(Cl)c1. The average Bonchev–Trinajstić information content (AvgIpc) is 3.25. The van der Waals surface area contributed by atoms with Gasteiger partial charge in [0.2, 0.25) is 0 Å². The van der Waals surface area contributed by atoms with Crippen LogP contribution in [0.5, 0.6) is 5.75 Å². The van der Waals surface area contributed by atoms with Crippen LogP contribution < -0.4 is 0 Å². The van der Waals surface area contributed by atoms with E-state index in [0.29, 0.717) is 41.5 Å². The second-order valence-electron chi connectivity index (χ2n) is 7.61. The van der Waals surface area contributed by atoms with Crippen molar-refractivity contribution < 1.29 is 14.6 Å². The van der Waals surface area contributed by atoms with Gasteiger partial charge in [-0.2, -0.15) is 5.10 Å². The largest absolute Gasteiger partial charge is 0.507 e. The van der Waals surface area contributed by atoms with Gasteiger partial charge >= 0.3 is 0 Å². The molecule has 1 aromatic heterocycles. The minimum absolute atomic E-state index is 0.117. The van der Waals surface area contributed by atoms with Gasteiger partial charge in [-0.05, 0) is 50.1 Å². The number of nitrogens with one attached hydrogen (secondary N) is 1. The number of fused-ring (bicyclic) bond motifs is 1. The van der Waals surface area contributed by atoms with Crippen LogP contribution >= 0.6 is 11.6 Å². The lowest BCUT2D eigenvalue weighted by atomic mass is 9.95. The number of H-pyrrole nitrogens is 1. The predicted molar refractivity (Wildman–Crippen MR) is 116 cm³/mol. The van der Waals surface area contributed by atoms with Crippen molar-refractivity contribution in [2.75, 3.05) is 13.2 Å². The van der Waals surface area contributed by atoms with E-state index in [0.717, 1.165) is 11.1 Å². The monoisotopic (exact) mass is 425 g/mol. The second-order valence-corrected chi connectivity index (χ2v) is 8.04. The molecule has 0 fully saturated rings. The zero-order valence-corrected chi connectivity index (χ0v) is 17.7. The molecule has 3 aromatic rings. The van der Waals surface area contributed by atoms with Crippen LogP contribution in [0.4, 0.5) is 0 Å². The number of rotatable bonds is 7. The molecule has 1 atom stereocenters. The number of hydrogen-bond donors (Lipinski definition) is 2. The van der Waals surface area contributed by atoms with Gasteiger partial charge < -0.3 is 14.7 Å². The summed E-state index contributed by atoms with van der Waals surface area (Å²) in [4.78, 5) is 15.1. The fourth-order valence-electron chi connectivity index (χ4n) is 3.88. The summed E-state index contributed by atoms with van der Waals surface area (Å²) >= 11 is 6.27. The number of ether oxygens (including phenoxy) is 1. The molecule has 0 unspecified atom stereocenters. The maximum Gasteiger partial charge on any atom is 0.273 e. The van der Waals surface area contributed by atoms with Gasteiger partial charge in [-0.25, -0.2) is 0 Å². The number of benzene rings is 2. The Kier molecular flexibility index (Phi) is 5.79. The Morgan fingerprint density at radius 2 is 2.03 bits per heavy atom. The first-order chi connectivity index (χ1) is 14.5.